The zero-order valence-corrected chi connectivity index (χ0v) is 10.8. The summed E-state index contributed by atoms with van der Waals surface area (Å²) in [7, 11) is 1.85. The van der Waals surface area contributed by atoms with E-state index in [4.69, 9.17) is 0 Å². The summed E-state index contributed by atoms with van der Waals surface area (Å²) < 4.78 is 0. The largest absolute Gasteiger partial charge is 0.372 e. The summed E-state index contributed by atoms with van der Waals surface area (Å²) in [5.74, 6) is 1.91. The monoisotopic (exact) mass is 257 g/mol. The van der Waals surface area contributed by atoms with Crippen LogP contribution < -0.4 is 5.32 Å². The van der Waals surface area contributed by atoms with Gasteiger partial charge in [0.2, 0.25) is 5.82 Å². The second kappa shape index (κ2) is 4.30. The van der Waals surface area contributed by atoms with Gasteiger partial charge in [-0.1, -0.05) is 0 Å². The minimum atomic E-state index is 0.543. The summed E-state index contributed by atoms with van der Waals surface area (Å²) in [5, 5.41) is 4.13. The van der Waals surface area contributed by atoms with Gasteiger partial charge in [-0.3, -0.25) is 0 Å². The predicted octanol–water partition coefficient (Wildman–Crippen LogP) is 2.50. The Hall–Kier alpha value is -2.08. The Bertz CT molecular complexity index is 692. The SMILES string of the molecule is CNc1nc(-c2ncccn2)nc2sc(C)cc12. The Morgan fingerprint density at radius 3 is 2.61 bits per heavy atom. The van der Waals surface area contributed by atoms with Crippen LogP contribution in [0, 0.1) is 6.92 Å². The zero-order valence-electron chi connectivity index (χ0n) is 10.0. The zero-order chi connectivity index (χ0) is 12.5. The molecule has 90 valence electrons. The molecule has 5 nitrogen and oxygen atoms in total. The highest BCUT2D eigenvalue weighted by Gasteiger charge is 2.12. The third-order valence-electron chi connectivity index (χ3n) is 2.52. The lowest BCUT2D eigenvalue weighted by Crippen LogP contribution is -1.99. The van der Waals surface area contributed by atoms with Gasteiger partial charge in [0, 0.05) is 24.3 Å². The van der Waals surface area contributed by atoms with Crippen LogP contribution in [0.15, 0.2) is 24.5 Å². The van der Waals surface area contributed by atoms with Crippen LogP contribution in [-0.4, -0.2) is 27.0 Å². The van der Waals surface area contributed by atoms with Crippen LogP contribution in [0.3, 0.4) is 0 Å². The number of aryl methyl sites for hydroxylation is 1. The predicted molar refractivity (Wildman–Crippen MR) is 72.7 cm³/mol. The fourth-order valence-corrected chi connectivity index (χ4v) is 2.63. The third kappa shape index (κ3) is 1.80. The molecule has 0 atom stereocenters. The molecular formula is C12H11N5S. The van der Waals surface area contributed by atoms with E-state index in [1.165, 1.54) is 4.88 Å². The van der Waals surface area contributed by atoms with Gasteiger partial charge >= 0.3 is 0 Å². The molecule has 3 rings (SSSR count). The molecule has 3 heterocycles. The van der Waals surface area contributed by atoms with E-state index < -0.39 is 0 Å². The summed E-state index contributed by atoms with van der Waals surface area (Å²) in [4.78, 5) is 19.5. The van der Waals surface area contributed by atoms with Crippen molar-refractivity contribution in [2.75, 3.05) is 12.4 Å². The molecular weight excluding hydrogens is 246 g/mol. The van der Waals surface area contributed by atoms with Gasteiger partial charge in [-0.15, -0.1) is 11.3 Å². The Balaban J connectivity index is 2.25. The van der Waals surface area contributed by atoms with Crippen LogP contribution in [0.2, 0.25) is 0 Å². The van der Waals surface area contributed by atoms with E-state index in [1.807, 2.05) is 7.05 Å². The minimum absolute atomic E-state index is 0.543. The minimum Gasteiger partial charge on any atom is -0.372 e. The number of rotatable bonds is 2. The van der Waals surface area contributed by atoms with Gasteiger partial charge in [0.1, 0.15) is 10.6 Å². The van der Waals surface area contributed by atoms with Crippen molar-refractivity contribution in [3.05, 3.63) is 29.4 Å². The van der Waals surface area contributed by atoms with Crippen molar-refractivity contribution in [2.45, 2.75) is 6.92 Å². The number of nitrogens with zero attached hydrogens (tertiary/aromatic N) is 4. The maximum Gasteiger partial charge on any atom is 0.201 e. The molecule has 1 N–H and O–H groups in total. The van der Waals surface area contributed by atoms with Gasteiger partial charge in [-0.05, 0) is 19.1 Å². The number of nitrogens with one attached hydrogen (secondary N) is 1. The quantitative estimate of drug-likeness (QED) is 0.764. The highest BCUT2D eigenvalue weighted by molar-refractivity contribution is 7.18. The van der Waals surface area contributed by atoms with Gasteiger partial charge in [-0.2, -0.15) is 0 Å². The standard InChI is InChI=1S/C12H11N5S/c1-7-6-8-9(13-2)16-11(17-12(8)18-7)10-14-4-3-5-15-10/h3-6H,1-2H3,(H,13,16,17). The van der Waals surface area contributed by atoms with E-state index in [0.717, 1.165) is 16.0 Å². The number of aromatic nitrogens is 4. The fourth-order valence-electron chi connectivity index (χ4n) is 1.75. The summed E-state index contributed by atoms with van der Waals surface area (Å²) in [6.07, 6.45) is 3.38. The van der Waals surface area contributed by atoms with Crippen molar-refractivity contribution in [1.82, 2.24) is 19.9 Å². The highest BCUT2D eigenvalue weighted by atomic mass is 32.1. The molecule has 0 aliphatic rings. The van der Waals surface area contributed by atoms with Crippen LogP contribution in [-0.2, 0) is 0 Å². The molecule has 0 fully saturated rings. The van der Waals surface area contributed by atoms with Crippen molar-refractivity contribution >= 4 is 27.4 Å². The number of thiophene rings is 1. The molecule has 0 bridgehead atoms. The maximum absolute atomic E-state index is 4.52. The molecule has 0 unspecified atom stereocenters. The number of hydrogen-bond donors (Lipinski definition) is 1. The first-order valence-electron chi connectivity index (χ1n) is 5.51. The molecule has 0 spiro atoms. The molecule has 0 aliphatic heterocycles. The average Bonchev–Trinajstić information content (AvgIpc) is 2.78. The van der Waals surface area contributed by atoms with Crippen LogP contribution >= 0.6 is 11.3 Å². The van der Waals surface area contributed by atoms with Gasteiger partial charge in [0.25, 0.3) is 0 Å². The van der Waals surface area contributed by atoms with E-state index in [-0.39, 0.29) is 0 Å². The third-order valence-corrected chi connectivity index (χ3v) is 3.46. The highest BCUT2D eigenvalue weighted by Crippen LogP contribution is 2.29. The Morgan fingerprint density at radius 1 is 1.11 bits per heavy atom. The molecule has 6 heteroatoms. The van der Waals surface area contributed by atoms with Crippen molar-refractivity contribution < 1.29 is 0 Å². The second-order valence-corrected chi connectivity index (χ2v) is 5.03. The lowest BCUT2D eigenvalue weighted by atomic mass is 10.3. The molecule has 0 amide bonds. The Morgan fingerprint density at radius 2 is 1.89 bits per heavy atom. The van der Waals surface area contributed by atoms with Gasteiger partial charge in [-0.25, -0.2) is 19.9 Å². The van der Waals surface area contributed by atoms with E-state index >= 15 is 0 Å². The summed E-state index contributed by atoms with van der Waals surface area (Å²) >= 11 is 1.64. The molecule has 0 radical (unpaired) electrons. The Labute approximate surface area is 108 Å². The van der Waals surface area contributed by atoms with Crippen molar-refractivity contribution in [1.29, 1.82) is 0 Å². The van der Waals surface area contributed by atoms with E-state index in [2.05, 4.69) is 38.2 Å². The lowest BCUT2D eigenvalue weighted by Gasteiger charge is -2.03. The first-order chi connectivity index (χ1) is 8.78. The smallest absolute Gasteiger partial charge is 0.201 e. The fraction of sp³-hybridized carbons (Fsp3) is 0.167. The van der Waals surface area contributed by atoms with Gasteiger partial charge < -0.3 is 5.32 Å². The van der Waals surface area contributed by atoms with E-state index in [1.54, 1.807) is 29.8 Å². The summed E-state index contributed by atoms with van der Waals surface area (Å²) in [6, 6.07) is 3.86. The molecule has 0 aromatic carbocycles. The summed E-state index contributed by atoms with van der Waals surface area (Å²) in [6.45, 7) is 2.06. The molecule has 3 aromatic heterocycles. The van der Waals surface area contributed by atoms with Gasteiger partial charge in [0.15, 0.2) is 5.82 Å². The molecule has 18 heavy (non-hydrogen) atoms. The van der Waals surface area contributed by atoms with Gasteiger partial charge in [0.05, 0.1) is 5.39 Å². The number of fused-ring (bicyclic) bond motifs is 1. The van der Waals surface area contributed by atoms with Crippen molar-refractivity contribution in [3.63, 3.8) is 0 Å². The normalized spacial score (nSPS) is 10.8. The van der Waals surface area contributed by atoms with Crippen LogP contribution in [0.1, 0.15) is 4.88 Å². The maximum atomic E-state index is 4.52. The van der Waals surface area contributed by atoms with Crippen molar-refractivity contribution in [3.8, 4) is 11.6 Å². The van der Waals surface area contributed by atoms with Crippen molar-refractivity contribution in [2.24, 2.45) is 0 Å². The van der Waals surface area contributed by atoms with Crippen LogP contribution in [0.4, 0.5) is 5.82 Å². The van der Waals surface area contributed by atoms with E-state index in [0.29, 0.717) is 11.6 Å². The second-order valence-electron chi connectivity index (χ2n) is 3.79. The average molecular weight is 257 g/mol. The first-order valence-corrected chi connectivity index (χ1v) is 6.33. The Kier molecular flexibility index (Phi) is 2.64. The van der Waals surface area contributed by atoms with E-state index in [9.17, 15) is 0 Å². The molecule has 0 saturated heterocycles. The van der Waals surface area contributed by atoms with Crippen LogP contribution in [0.25, 0.3) is 21.9 Å². The molecule has 0 aliphatic carbocycles. The molecule has 0 saturated carbocycles. The topological polar surface area (TPSA) is 63.6 Å². The molecule has 3 aromatic rings. The summed E-state index contributed by atoms with van der Waals surface area (Å²) in [5.41, 5.74) is 0. The number of hydrogen-bond acceptors (Lipinski definition) is 6. The van der Waals surface area contributed by atoms with Crippen LogP contribution in [0.5, 0.6) is 0 Å². The number of anilines is 1. The lowest BCUT2D eigenvalue weighted by molar-refractivity contribution is 1.10. The first kappa shape index (κ1) is 11.0.